The monoisotopic (exact) mass is 398 g/mol. The van der Waals surface area contributed by atoms with Gasteiger partial charge in [-0.2, -0.15) is 0 Å². The highest BCUT2D eigenvalue weighted by atomic mass is 35.5. The number of carbonyl (C=O) groups is 3. The van der Waals surface area contributed by atoms with Crippen LogP contribution in [-0.2, 0) is 25.5 Å². The van der Waals surface area contributed by atoms with Crippen LogP contribution in [0.3, 0.4) is 0 Å². The van der Waals surface area contributed by atoms with Crippen molar-refractivity contribution in [2.75, 3.05) is 19.0 Å². The van der Waals surface area contributed by atoms with Gasteiger partial charge in [0, 0.05) is 13.0 Å². The van der Waals surface area contributed by atoms with Gasteiger partial charge >= 0.3 is 12.1 Å². The van der Waals surface area contributed by atoms with E-state index in [-0.39, 0.29) is 25.5 Å². The standard InChI is InChI=1S/C19H27ClN2O5/c1-19(2,3)27-18(25)22-15(13-14-7-5-4-6-8-14)17(24)21-11-9-16(23)26-12-10-20/h4-8,15H,9-13H2,1-3H3,(H,21,24)(H,22,25). The fourth-order valence-electron chi connectivity index (χ4n) is 2.14. The molecule has 7 nitrogen and oxygen atoms in total. The summed E-state index contributed by atoms with van der Waals surface area (Å²) >= 11 is 5.44. The summed E-state index contributed by atoms with van der Waals surface area (Å²) in [4.78, 5) is 36.0. The predicted octanol–water partition coefficient (Wildman–Crippen LogP) is 2.41. The minimum Gasteiger partial charge on any atom is -0.464 e. The molecule has 2 N–H and O–H groups in total. The maximum atomic E-state index is 12.5. The van der Waals surface area contributed by atoms with E-state index < -0.39 is 29.6 Å². The van der Waals surface area contributed by atoms with Crippen LogP contribution in [0, 0.1) is 0 Å². The largest absolute Gasteiger partial charge is 0.464 e. The van der Waals surface area contributed by atoms with Crippen LogP contribution in [0.15, 0.2) is 30.3 Å². The summed E-state index contributed by atoms with van der Waals surface area (Å²) in [5.74, 6) is -0.637. The van der Waals surface area contributed by atoms with E-state index in [0.29, 0.717) is 6.42 Å². The molecule has 0 saturated carbocycles. The number of nitrogens with one attached hydrogen (secondary N) is 2. The van der Waals surface area contributed by atoms with E-state index in [9.17, 15) is 14.4 Å². The molecule has 1 atom stereocenters. The number of halogens is 1. The van der Waals surface area contributed by atoms with Gasteiger partial charge in [-0.05, 0) is 26.3 Å². The zero-order valence-corrected chi connectivity index (χ0v) is 16.7. The van der Waals surface area contributed by atoms with Crippen LogP contribution >= 0.6 is 11.6 Å². The molecule has 8 heteroatoms. The smallest absolute Gasteiger partial charge is 0.408 e. The molecule has 0 spiro atoms. The van der Waals surface area contributed by atoms with Crippen molar-refractivity contribution in [3.05, 3.63) is 35.9 Å². The quantitative estimate of drug-likeness (QED) is 0.492. The highest BCUT2D eigenvalue weighted by Crippen LogP contribution is 2.08. The fourth-order valence-corrected chi connectivity index (χ4v) is 2.22. The number of rotatable bonds is 9. The van der Waals surface area contributed by atoms with Gasteiger partial charge in [-0.15, -0.1) is 11.6 Å². The number of alkyl halides is 1. The zero-order chi connectivity index (χ0) is 20.3. The molecule has 0 bridgehead atoms. The van der Waals surface area contributed by atoms with Crippen LogP contribution in [-0.4, -0.2) is 48.6 Å². The summed E-state index contributed by atoms with van der Waals surface area (Å²) in [6, 6.07) is 8.46. The molecule has 0 fully saturated rings. The maximum Gasteiger partial charge on any atom is 0.408 e. The molecule has 150 valence electrons. The molecule has 0 aliphatic carbocycles. The highest BCUT2D eigenvalue weighted by molar-refractivity contribution is 6.18. The Balaban J connectivity index is 2.64. The zero-order valence-electron chi connectivity index (χ0n) is 15.9. The number of esters is 1. The molecular weight excluding hydrogens is 372 g/mol. The Morgan fingerprint density at radius 2 is 1.81 bits per heavy atom. The Bertz CT molecular complexity index is 616. The van der Waals surface area contributed by atoms with Crippen LogP contribution in [0.1, 0.15) is 32.8 Å². The first-order valence-corrected chi connectivity index (χ1v) is 9.27. The van der Waals surface area contributed by atoms with E-state index in [1.165, 1.54) is 0 Å². The van der Waals surface area contributed by atoms with Crippen molar-refractivity contribution in [2.45, 2.75) is 45.3 Å². The lowest BCUT2D eigenvalue weighted by Gasteiger charge is -2.23. The van der Waals surface area contributed by atoms with Gasteiger partial charge in [0.2, 0.25) is 5.91 Å². The summed E-state index contributed by atoms with van der Waals surface area (Å²) in [6.45, 7) is 5.45. The minimum atomic E-state index is -0.832. The Morgan fingerprint density at radius 1 is 1.15 bits per heavy atom. The number of amides is 2. The number of benzene rings is 1. The molecular formula is C19H27ClN2O5. The molecule has 0 aliphatic heterocycles. The van der Waals surface area contributed by atoms with Crippen molar-refractivity contribution in [3.63, 3.8) is 0 Å². The van der Waals surface area contributed by atoms with Crippen LogP contribution in [0.2, 0.25) is 0 Å². The molecule has 27 heavy (non-hydrogen) atoms. The predicted molar refractivity (Wildman–Crippen MR) is 103 cm³/mol. The Morgan fingerprint density at radius 3 is 2.41 bits per heavy atom. The Hall–Kier alpha value is -2.28. The SMILES string of the molecule is CC(C)(C)OC(=O)NC(Cc1ccccc1)C(=O)NCCC(=O)OCCCl. The first-order valence-electron chi connectivity index (χ1n) is 8.74. The fraction of sp³-hybridized carbons (Fsp3) is 0.526. The molecule has 0 aromatic heterocycles. The van der Waals surface area contributed by atoms with Gasteiger partial charge in [0.05, 0.1) is 12.3 Å². The molecule has 1 unspecified atom stereocenters. The number of hydrogen-bond acceptors (Lipinski definition) is 5. The first-order chi connectivity index (χ1) is 12.7. The van der Waals surface area contributed by atoms with E-state index in [2.05, 4.69) is 10.6 Å². The lowest BCUT2D eigenvalue weighted by Crippen LogP contribution is -2.49. The lowest BCUT2D eigenvalue weighted by molar-refractivity contribution is -0.142. The van der Waals surface area contributed by atoms with Crippen LogP contribution in [0.25, 0.3) is 0 Å². The number of hydrogen-bond donors (Lipinski definition) is 2. The number of carbonyl (C=O) groups excluding carboxylic acids is 3. The highest BCUT2D eigenvalue weighted by Gasteiger charge is 2.24. The third-order valence-corrected chi connectivity index (χ3v) is 3.41. The topological polar surface area (TPSA) is 93.7 Å². The van der Waals surface area contributed by atoms with Crippen molar-refractivity contribution in [3.8, 4) is 0 Å². The van der Waals surface area contributed by atoms with Crippen LogP contribution in [0.5, 0.6) is 0 Å². The summed E-state index contributed by atoms with van der Waals surface area (Å²) in [6.07, 6.45) is -0.365. The normalized spacial score (nSPS) is 12.0. The molecule has 0 heterocycles. The molecule has 0 radical (unpaired) electrons. The Kier molecular flexibility index (Phi) is 9.64. The van der Waals surface area contributed by atoms with Gasteiger partial charge in [-0.25, -0.2) is 4.79 Å². The second kappa shape index (κ2) is 11.4. The van der Waals surface area contributed by atoms with Gasteiger partial charge in [0.1, 0.15) is 18.2 Å². The van der Waals surface area contributed by atoms with Crippen molar-refractivity contribution in [2.24, 2.45) is 0 Å². The van der Waals surface area contributed by atoms with Gasteiger partial charge < -0.3 is 20.1 Å². The number of alkyl carbamates (subject to hydrolysis) is 1. The first kappa shape index (κ1) is 22.8. The average Bonchev–Trinajstić information content (AvgIpc) is 2.58. The van der Waals surface area contributed by atoms with Crippen LogP contribution in [0.4, 0.5) is 4.79 Å². The molecule has 1 aromatic rings. The molecule has 2 amide bonds. The van der Waals surface area contributed by atoms with E-state index in [1.807, 2.05) is 30.3 Å². The second-order valence-electron chi connectivity index (χ2n) is 6.84. The van der Waals surface area contributed by atoms with E-state index in [1.54, 1.807) is 20.8 Å². The third kappa shape index (κ3) is 10.5. The van der Waals surface area contributed by atoms with Gasteiger partial charge in [-0.3, -0.25) is 9.59 Å². The van der Waals surface area contributed by atoms with Crippen molar-refractivity contribution < 1.29 is 23.9 Å². The summed E-state index contributed by atoms with van der Waals surface area (Å²) in [5, 5.41) is 5.22. The lowest BCUT2D eigenvalue weighted by atomic mass is 10.1. The van der Waals surface area contributed by atoms with Gasteiger partial charge in [0.15, 0.2) is 0 Å². The summed E-state index contributed by atoms with van der Waals surface area (Å²) in [7, 11) is 0. The second-order valence-corrected chi connectivity index (χ2v) is 7.22. The van der Waals surface area contributed by atoms with Gasteiger partial charge in [0.25, 0.3) is 0 Å². The van der Waals surface area contributed by atoms with E-state index in [0.717, 1.165) is 5.56 Å². The van der Waals surface area contributed by atoms with Crippen LogP contribution < -0.4 is 10.6 Å². The van der Waals surface area contributed by atoms with Gasteiger partial charge in [-0.1, -0.05) is 30.3 Å². The van der Waals surface area contributed by atoms with Crippen molar-refractivity contribution in [1.82, 2.24) is 10.6 Å². The minimum absolute atomic E-state index is 0.0210. The third-order valence-electron chi connectivity index (χ3n) is 3.26. The Labute approximate surface area is 164 Å². The molecule has 0 aliphatic rings. The van der Waals surface area contributed by atoms with E-state index in [4.69, 9.17) is 21.1 Å². The summed E-state index contributed by atoms with van der Waals surface area (Å²) < 4.78 is 10.1. The maximum absolute atomic E-state index is 12.5. The molecule has 1 rings (SSSR count). The van der Waals surface area contributed by atoms with Crippen molar-refractivity contribution in [1.29, 1.82) is 0 Å². The number of ether oxygens (including phenoxy) is 2. The van der Waals surface area contributed by atoms with Crippen molar-refractivity contribution >= 4 is 29.6 Å². The summed E-state index contributed by atoms with van der Waals surface area (Å²) in [5.41, 5.74) is 0.208. The molecule has 1 aromatic carbocycles. The van der Waals surface area contributed by atoms with E-state index >= 15 is 0 Å². The average molecular weight is 399 g/mol. The molecule has 0 saturated heterocycles.